The molecule has 86 valence electrons. The summed E-state index contributed by atoms with van der Waals surface area (Å²) in [5.41, 5.74) is -0.0563. The van der Waals surface area contributed by atoms with E-state index in [4.69, 9.17) is 21.8 Å². The molecule has 2 N–H and O–H groups in total. The summed E-state index contributed by atoms with van der Waals surface area (Å²) in [6.07, 6.45) is -1.02. The zero-order valence-electron chi connectivity index (χ0n) is 8.04. The van der Waals surface area contributed by atoms with Crippen LogP contribution in [0.15, 0.2) is 12.1 Å². The lowest BCUT2D eigenvalue weighted by molar-refractivity contribution is -0.137. The van der Waals surface area contributed by atoms with E-state index in [0.717, 1.165) is 6.07 Å². The summed E-state index contributed by atoms with van der Waals surface area (Å²) < 4.78 is 13.4. The SMILES string of the molecule is O=C(O)Cc1cc(Cl)cc(F)c1CC(=O)O. The van der Waals surface area contributed by atoms with Crippen LogP contribution in [-0.4, -0.2) is 22.2 Å². The number of hydrogen-bond donors (Lipinski definition) is 2. The summed E-state index contributed by atoms with van der Waals surface area (Å²) in [5.74, 6) is -3.20. The summed E-state index contributed by atoms with van der Waals surface area (Å²) in [6, 6.07) is 2.22. The second-order valence-electron chi connectivity index (χ2n) is 3.17. The van der Waals surface area contributed by atoms with E-state index < -0.39 is 30.6 Å². The highest BCUT2D eigenvalue weighted by molar-refractivity contribution is 6.30. The Morgan fingerprint density at radius 3 is 2.25 bits per heavy atom. The van der Waals surface area contributed by atoms with Crippen molar-refractivity contribution in [2.75, 3.05) is 0 Å². The molecule has 0 aliphatic heterocycles. The van der Waals surface area contributed by atoms with E-state index in [2.05, 4.69) is 0 Å². The molecule has 0 aliphatic rings. The van der Waals surface area contributed by atoms with Gasteiger partial charge in [-0.15, -0.1) is 0 Å². The lowest BCUT2D eigenvalue weighted by Gasteiger charge is -2.07. The van der Waals surface area contributed by atoms with Crippen molar-refractivity contribution in [1.29, 1.82) is 0 Å². The molecule has 0 amide bonds. The van der Waals surface area contributed by atoms with Crippen molar-refractivity contribution in [2.45, 2.75) is 12.8 Å². The second kappa shape index (κ2) is 4.94. The summed E-state index contributed by atoms with van der Waals surface area (Å²) in [5, 5.41) is 17.2. The fourth-order valence-corrected chi connectivity index (χ4v) is 1.55. The molecule has 0 saturated heterocycles. The fourth-order valence-electron chi connectivity index (χ4n) is 1.33. The van der Waals surface area contributed by atoms with Gasteiger partial charge in [0.1, 0.15) is 5.82 Å². The Bertz CT molecular complexity index is 445. The van der Waals surface area contributed by atoms with Crippen LogP contribution in [0.2, 0.25) is 5.02 Å². The molecule has 0 aromatic heterocycles. The van der Waals surface area contributed by atoms with Gasteiger partial charge in [-0.05, 0) is 17.7 Å². The molecule has 1 rings (SSSR count). The Hall–Kier alpha value is -1.62. The van der Waals surface area contributed by atoms with E-state index in [1.54, 1.807) is 0 Å². The van der Waals surface area contributed by atoms with Gasteiger partial charge < -0.3 is 10.2 Å². The minimum atomic E-state index is -1.23. The van der Waals surface area contributed by atoms with Crippen LogP contribution in [0.4, 0.5) is 4.39 Å². The molecule has 0 radical (unpaired) electrons. The summed E-state index contributed by atoms with van der Waals surface area (Å²) >= 11 is 5.56. The molecule has 1 aromatic carbocycles. The summed E-state index contributed by atoms with van der Waals surface area (Å²) in [7, 11) is 0. The Balaban J connectivity index is 3.20. The highest BCUT2D eigenvalue weighted by atomic mass is 35.5. The lowest BCUT2D eigenvalue weighted by Crippen LogP contribution is -2.10. The first-order valence-corrected chi connectivity index (χ1v) is 4.68. The quantitative estimate of drug-likeness (QED) is 0.849. The van der Waals surface area contributed by atoms with Gasteiger partial charge in [0.05, 0.1) is 12.8 Å². The highest BCUT2D eigenvalue weighted by Crippen LogP contribution is 2.21. The predicted molar refractivity (Wildman–Crippen MR) is 54.1 cm³/mol. The van der Waals surface area contributed by atoms with Crippen LogP contribution in [0.1, 0.15) is 11.1 Å². The molecule has 16 heavy (non-hydrogen) atoms. The number of halogens is 2. The van der Waals surface area contributed by atoms with Crippen molar-refractivity contribution in [3.63, 3.8) is 0 Å². The third-order valence-electron chi connectivity index (χ3n) is 1.92. The first-order valence-electron chi connectivity index (χ1n) is 4.30. The first-order chi connectivity index (χ1) is 7.40. The molecular formula is C10H8ClFO4. The number of benzene rings is 1. The van der Waals surface area contributed by atoms with Gasteiger partial charge in [0.2, 0.25) is 0 Å². The van der Waals surface area contributed by atoms with Gasteiger partial charge >= 0.3 is 11.9 Å². The standard InChI is InChI=1S/C10H8ClFO4/c11-6-1-5(2-9(13)14)7(4-10(15)16)8(12)3-6/h1,3H,2,4H2,(H,13,14)(H,15,16). The van der Waals surface area contributed by atoms with Gasteiger partial charge in [-0.2, -0.15) is 0 Å². The van der Waals surface area contributed by atoms with Gasteiger partial charge in [-0.1, -0.05) is 11.6 Å². The zero-order valence-corrected chi connectivity index (χ0v) is 8.79. The molecule has 0 unspecified atom stereocenters. The third kappa shape index (κ3) is 3.20. The summed E-state index contributed by atoms with van der Waals surface area (Å²) in [4.78, 5) is 21.0. The molecule has 6 heteroatoms. The average molecular weight is 247 g/mol. The Morgan fingerprint density at radius 1 is 1.19 bits per heavy atom. The number of rotatable bonds is 4. The number of aliphatic carboxylic acids is 2. The van der Waals surface area contributed by atoms with E-state index in [1.807, 2.05) is 0 Å². The minimum Gasteiger partial charge on any atom is -0.481 e. The number of carboxylic acids is 2. The van der Waals surface area contributed by atoms with Gasteiger partial charge in [0.15, 0.2) is 0 Å². The normalized spacial score (nSPS) is 10.1. The van der Waals surface area contributed by atoms with Crippen molar-refractivity contribution in [3.05, 3.63) is 34.1 Å². The molecular weight excluding hydrogens is 239 g/mol. The number of carbonyl (C=O) groups is 2. The van der Waals surface area contributed by atoms with E-state index in [0.29, 0.717) is 0 Å². The molecule has 0 aliphatic carbocycles. The number of carboxylic acid groups (broad SMARTS) is 2. The van der Waals surface area contributed by atoms with Crippen LogP contribution in [0.5, 0.6) is 0 Å². The molecule has 0 spiro atoms. The van der Waals surface area contributed by atoms with Crippen LogP contribution in [-0.2, 0) is 22.4 Å². The van der Waals surface area contributed by atoms with Crippen molar-refractivity contribution in [3.8, 4) is 0 Å². The summed E-state index contributed by atoms with van der Waals surface area (Å²) in [6.45, 7) is 0. The van der Waals surface area contributed by atoms with Crippen LogP contribution >= 0.6 is 11.6 Å². The van der Waals surface area contributed by atoms with Crippen molar-refractivity contribution >= 4 is 23.5 Å². The molecule has 0 atom stereocenters. The smallest absolute Gasteiger partial charge is 0.307 e. The van der Waals surface area contributed by atoms with Crippen LogP contribution < -0.4 is 0 Å². The Morgan fingerprint density at radius 2 is 1.75 bits per heavy atom. The number of hydrogen-bond acceptors (Lipinski definition) is 2. The van der Waals surface area contributed by atoms with Gasteiger partial charge in [0, 0.05) is 10.6 Å². The molecule has 4 nitrogen and oxygen atoms in total. The van der Waals surface area contributed by atoms with E-state index in [1.165, 1.54) is 6.07 Å². The lowest BCUT2D eigenvalue weighted by atomic mass is 10.0. The maximum absolute atomic E-state index is 13.4. The molecule has 0 fully saturated rings. The molecule has 0 bridgehead atoms. The molecule has 0 heterocycles. The monoisotopic (exact) mass is 246 g/mol. The molecule has 0 saturated carbocycles. The zero-order chi connectivity index (χ0) is 12.3. The third-order valence-corrected chi connectivity index (χ3v) is 2.14. The minimum absolute atomic E-state index is 0.0443. The van der Waals surface area contributed by atoms with Crippen LogP contribution in [0, 0.1) is 5.82 Å². The van der Waals surface area contributed by atoms with Gasteiger partial charge in [-0.25, -0.2) is 4.39 Å². The van der Waals surface area contributed by atoms with E-state index >= 15 is 0 Å². The molecule has 1 aromatic rings. The predicted octanol–water partition coefficient (Wildman–Crippen LogP) is 1.73. The maximum atomic E-state index is 13.4. The highest BCUT2D eigenvalue weighted by Gasteiger charge is 2.15. The van der Waals surface area contributed by atoms with Crippen molar-refractivity contribution in [2.24, 2.45) is 0 Å². The van der Waals surface area contributed by atoms with Gasteiger partial charge in [-0.3, -0.25) is 9.59 Å². The van der Waals surface area contributed by atoms with Crippen LogP contribution in [0.3, 0.4) is 0 Å². The average Bonchev–Trinajstić information content (AvgIpc) is 2.09. The maximum Gasteiger partial charge on any atom is 0.307 e. The van der Waals surface area contributed by atoms with Crippen LogP contribution in [0.25, 0.3) is 0 Å². The van der Waals surface area contributed by atoms with E-state index in [9.17, 15) is 14.0 Å². The largest absolute Gasteiger partial charge is 0.481 e. The topological polar surface area (TPSA) is 74.6 Å². The first kappa shape index (κ1) is 12.4. The van der Waals surface area contributed by atoms with Crippen molar-refractivity contribution in [1.82, 2.24) is 0 Å². The Kier molecular flexibility index (Phi) is 3.84. The van der Waals surface area contributed by atoms with E-state index in [-0.39, 0.29) is 16.1 Å². The fraction of sp³-hybridized carbons (Fsp3) is 0.200. The second-order valence-corrected chi connectivity index (χ2v) is 3.60. The Labute approximate surface area is 95.3 Å². The van der Waals surface area contributed by atoms with Gasteiger partial charge in [0.25, 0.3) is 0 Å². The van der Waals surface area contributed by atoms with Crippen molar-refractivity contribution < 1.29 is 24.2 Å².